The van der Waals surface area contributed by atoms with Crippen LogP contribution in [-0.2, 0) is 4.79 Å². The largest absolute Gasteiger partial charge is 0.495 e. The summed E-state index contributed by atoms with van der Waals surface area (Å²) in [5.74, 6) is 0.861. The molecule has 0 aliphatic carbocycles. The van der Waals surface area contributed by atoms with Crippen molar-refractivity contribution < 1.29 is 9.53 Å². The van der Waals surface area contributed by atoms with Gasteiger partial charge in [0.15, 0.2) is 0 Å². The molecule has 0 saturated carbocycles. The van der Waals surface area contributed by atoms with Gasteiger partial charge in [-0.2, -0.15) is 0 Å². The van der Waals surface area contributed by atoms with Gasteiger partial charge in [0.25, 0.3) is 0 Å². The Kier molecular flexibility index (Phi) is 21.1. The number of nitrogens with zero attached hydrogens (tertiary/aromatic N) is 1. The summed E-state index contributed by atoms with van der Waals surface area (Å²) in [5, 5.41) is 2.95. The summed E-state index contributed by atoms with van der Waals surface area (Å²) in [7, 11) is 1.75. The third-order valence-corrected chi connectivity index (χ3v) is 7.40. The number of hydrogen-bond donors (Lipinski definition) is 1. The molecule has 1 N–H and O–H groups in total. The Balaban J connectivity index is 2.51. The predicted octanol–water partition coefficient (Wildman–Crippen LogP) is 10.3. The minimum Gasteiger partial charge on any atom is -0.495 e. The van der Waals surface area contributed by atoms with Crippen LogP contribution in [0.3, 0.4) is 0 Å². The summed E-state index contributed by atoms with van der Waals surface area (Å²) in [6.45, 7) is 8.23. The maximum Gasteiger partial charge on any atom is 0.221 e. The molecule has 0 aliphatic rings. The average Bonchev–Trinajstić information content (AvgIpc) is 2.89. The minimum atomic E-state index is -0.0351. The van der Waals surface area contributed by atoms with Crippen LogP contribution in [0.5, 0.6) is 5.75 Å². The number of methoxy groups -OCH3 is 1. The lowest BCUT2D eigenvalue weighted by Crippen LogP contribution is -2.26. The number of unbranched alkanes of at least 4 members (excludes halogenated alkanes) is 18. The van der Waals surface area contributed by atoms with E-state index < -0.39 is 0 Å². The van der Waals surface area contributed by atoms with E-state index >= 15 is 0 Å². The predicted molar refractivity (Wildman–Crippen MR) is 163 cm³/mol. The van der Waals surface area contributed by atoms with Gasteiger partial charge in [0.2, 0.25) is 5.91 Å². The molecule has 0 saturated heterocycles. The van der Waals surface area contributed by atoms with Gasteiger partial charge >= 0.3 is 0 Å². The van der Waals surface area contributed by atoms with Gasteiger partial charge in [-0.05, 0) is 31.0 Å². The molecule has 1 aromatic rings. The standard InChI is InChI=1S/C33H60N2O2/c1-5-7-9-11-13-15-17-19-21-23-27-35(28-24-22-20-18-16-14-12-10-8-6-2)32-29-31(34-30(3)36)25-26-33(32)37-4/h25-26,29H,5-24,27-28H2,1-4H3,(H,34,36). The zero-order valence-corrected chi connectivity index (χ0v) is 25.1. The summed E-state index contributed by atoms with van der Waals surface area (Å²) >= 11 is 0. The van der Waals surface area contributed by atoms with Crippen molar-refractivity contribution in [2.45, 2.75) is 149 Å². The quantitative estimate of drug-likeness (QED) is 0.131. The van der Waals surface area contributed by atoms with E-state index in [4.69, 9.17) is 4.74 Å². The van der Waals surface area contributed by atoms with Gasteiger partial charge in [0, 0.05) is 25.7 Å². The van der Waals surface area contributed by atoms with E-state index in [0.717, 1.165) is 30.2 Å². The van der Waals surface area contributed by atoms with E-state index in [9.17, 15) is 4.79 Å². The van der Waals surface area contributed by atoms with Crippen molar-refractivity contribution in [3.63, 3.8) is 0 Å². The average molecular weight is 517 g/mol. The molecule has 1 rings (SSSR count). The van der Waals surface area contributed by atoms with Crippen molar-refractivity contribution in [2.75, 3.05) is 30.4 Å². The van der Waals surface area contributed by atoms with E-state index in [2.05, 4.69) is 30.1 Å². The first-order valence-corrected chi connectivity index (χ1v) is 15.8. The van der Waals surface area contributed by atoms with Crippen LogP contribution in [0.15, 0.2) is 18.2 Å². The Morgan fingerprint density at radius 3 is 1.46 bits per heavy atom. The Labute approximate surface area is 230 Å². The summed E-state index contributed by atoms with van der Waals surface area (Å²) < 4.78 is 5.73. The lowest BCUT2D eigenvalue weighted by molar-refractivity contribution is -0.114. The third-order valence-electron chi connectivity index (χ3n) is 7.40. The van der Waals surface area contributed by atoms with E-state index in [0.29, 0.717) is 0 Å². The molecule has 0 spiro atoms. The molecule has 4 heteroatoms. The highest BCUT2D eigenvalue weighted by atomic mass is 16.5. The molecule has 1 amide bonds. The maximum atomic E-state index is 11.6. The highest BCUT2D eigenvalue weighted by Crippen LogP contribution is 2.32. The monoisotopic (exact) mass is 516 g/mol. The molecule has 0 heterocycles. The SMILES string of the molecule is CCCCCCCCCCCCN(CCCCCCCCCCCC)c1cc(NC(C)=O)ccc1OC. The van der Waals surface area contributed by atoms with Gasteiger partial charge in [0.05, 0.1) is 12.8 Å². The van der Waals surface area contributed by atoms with Gasteiger partial charge in [-0.1, -0.05) is 129 Å². The summed E-state index contributed by atoms with van der Waals surface area (Å²) in [6, 6.07) is 6.01. The molecule has 0 radical (unpaired) electrons. The fourth-order valence-corrected chi connectivity index (χ4v) is 5.15. The van der Waals surface area contributed by atoms with Crippen LogP contribution in [0, 0.1) is 0 Å². The van der Waals surface area contributed by atoms with Crippen molar-refractivity contribution in [2.24, 2.45) is 0 Å². The first-order chi connectivity index (χ1) is 18.1. The topological polar surface area (TPSA) is 41.6 Å². The molecule has 0 aliphatic heterocycles. The van der Waals surface area contributed by atoms with Gasteiger partial charge in [-0.25, -0.2) is 0 Å². The minimum absolute atomic E-state index is 0.0351. The number of rotatable bonds is 25. The number of amides is 1. The Morgan fingerprint density at radius 2 is 1.08 bits per heavy atom. The van der Waals surface area contributed by atoms with Crippen molar-refractivity contribution in [3.05, 3.63) is 18.2 Å². The summed E-state index contributed by atoms with van der Waals surface area (Å²) in [4.78, 5) is 14.1. The normalized spacial score (nSPS) is 11.0. The van der Waals surface area contributed by atoms with Crippen LogP contribution < -0.4 is 15.0 Å². The highest BCUT2D eigenvalue weighted by molar-refractivity contribution is 5.89. The van der Waals surface area contributed by atoms with Crippen molar-refractivity contribution >= 4 is 17.3 Å². The first kappa shape index (κ1) is 33.3. The molecule has 37 heavy (non-hydrogen) atoms. The van der Waals surface area contributed by atoms with Gasteiger partial charge in [-0.3, -0.25) is 4.79 Å². The van der Waals surface area contributed by atoms with Crippen molar-refractivity contribution in [3.8, 4) is 5.75 Å². The summed E-state index contributed by atoms with van der Waals surface area (Å²) in [5.41, 5.74) is 1.96. The number of nitrogens with one attached hydrogen (secondary N) is 1. The number of anilines is 2. The van der Waals surface area contributed by atoms with Crippen LogP contribution >= 0.6 is 0 Å². The fraction of sp³-hybridized carbons (Fsp3) is 0.788. The number of ether oxygens (including phenoxy) is 1. The Bertz CT molecular complexity index is 652. The fourth-order valence-electron chi connectivity index (χ4n) is 5.15. The van der Waals surface area contributed by atoms with Crippen LogP contribution in [0.4, 0.5) is 11.4 Å². The molecule has 0 bridgehead atoms. The van der Waals surface area contributed by atoms with Crippen LogP contribution in [0.1, 0.15) is 149 Å². The molecule has 0 atom stereocenters. The zero-order valence-electron chi connectivity index (χ0n) is 25.1. The molecule has 0 fully saturated rings. The number of benzene rings is 1. The third kappa shape index (κ3) is 17.4. The van der Waals surface area contributed by atoms with Crippen LogP contribution in [0.25, 0.3) is 0 Å². The smallest absolute Gasteiger partial charge is 0.221 e. The molecule has 0 aromatic heterocycles. The lowest BCUT2D eigenvalue weighted by Gasteiger charge is -2.27. The number of carbonyl (C=O) groups is 1. The summed E-state index contributed by atoms with van der Waals surface area (Å²) in [6.07, 6.45) is 27.0. The van der Waals surface area contributed by atoms with Crippen LogP contribution in [0.2, 0.25) is 0 Å². The molecule has 0 unspecified atom stereocenters. The molecular weight excluding hydrogens is 456 g/mol. The van der Waals surface area contributed by atoms with Crippen molar-refractivity contribution in [1.82, 2.24) is 0 Å². The molecule has 1 aromatic carbocycles. The van der Waals surface area contributed by atoms with Gasteiger partial charge in [0.1, 0.15) is 5.75 Å². The van der Waals surface area contributed by atoms with E-state index in [1.54, 1.807) is 14.0 Å². The number of carbonyl (C=O) groups excluding carboxylic acids is 1. The maximum absolute atomic E-state index is 11.6. The second-order valence-corrected chi connectivity index (χ2v) is 10.9. The first-order valence-electron chi connectivity index (χ1n) is 15.8. The van der Waals surface area contributed by atoms with Gasteiger partial charge < -0.3 is 15.0 Å². The lowest BCUT2D eigenvalue weighted by atomic mass is 10.1. The Hall–Kier alpha value is -1.71. The molecule has 214 valence electrons. The Morgan fingerprint density at radius 1 is 0.676 bits per heavy atom. The van der Waals surface area contributed by atoms with Crippen molar-refractivity contribution in [1.29, 1.82) is 0 Å². The van der Waals surface area contributed by atoms with E-state index in [-0.39, 0.29) is 5.91 Å². The van der Waals surface area contributed by atoms with E-state index in [1.807, 2.05) is 12.1 Å². The second kappa shape index (κ2) is 23.4. The van der Waals surface area contributed by atoms with E-state index in [1.165, 1.54) is 128 Å². The van der Waals surface area contributed by atoms with Gasteiger partial charge in [-0.15, -0.1) is 0 Å². The number of hydrogen-bond acceptors (Lipinski definition) is 3. The van der Waals surface area contributed by atoms with Crippen LogP contribution in [-0.4, -0.2) is 26.1 Å². The highest BCUT2D eigenvalue weighted by Gasteiger charge is 2.13. The second-order valence-electron chi connectivity index (χ2n) is 10.9. The zero-order chi connectivity index (χ0) is 27.0. The molecule has 4 nitrogen and oxygen atoms in total. The molecular formula is C33H60N2O2.